The van der Waals surface area contributed by atoms with Gasteiger partial charge in [-0.1, -0.05) is 50.1 Å². The highest BCUT2D eigenvalue weighted by Gasteiger charge is 2.52. The van der Waals surface area contributed by atoms with Gasteiger partial charge in [0.25, 0.3) is 0 Å². The Morgan fingerprint density at radius 1 is 0.892 bits per heavy atom. The molecule has 3 fully saturated rings. The Morgan fingerprint density at radius 3 is 2.05 bits per heavy atom. The summed E-state index contributed by atoms with van der Waals surface area (Å²) in [7, 11) is 0. The second-order valence-electron chi connectivity index (χ2n) is 10.2. The van der Waals surface area contributed by atoms with Crippen LogP contribution in [0.4, 0.5) is 11.4 Å². The number of esters is 1. The lowest BCUT2D eigenvalue weighted by molar-refractivity contribution is -0.139. The molecule has 1 aliphatic carbocycles. The fourth-order valence-corrected chi connectivity index (χ4v) is 7.02. The molecule has 7 nitrogen and oxygen atoms in total. The standard InChI is InChI=1S/C28H28Br2N2O5/c1-14-5-4-6-15(2)25(14)31-13-17(10-24(31)33)28(36)37-18-7-8-23(16(3)9-18)32-26(34)19-11-21(29)22(30)12-20(19)27(32)35/h4-9,17,19-22H,10-13H2,1-3H3/t17-,19-,20-,21+,22+/m1/s1. The van der Waals surface area contributed by atoms with Gasteiger partial charge in [-0.3, -0.25) is 19.2 Å². The zero-order valence-electron chi connectivity index (χ0n) is 20.9. The number of alkyl halides is 2. The van der Waals surface area contributed by atoms with Crippen molar-refractivity contribution in [2.24, 2.45) is 17.8 Å². The topological polar surface area (TPSA) is 84.0 Å². The zero-order valence-corrected chi connectivity index (χ0v) is 24.0. The fourth-order valence-electron chi connectivity index (χ4n) is 5.79. The van der Waals surface area contributed by atoms with Gasteiger partial charge in [0.1, 0.15) is 5.75 Å². The minimum Gasteiger partial charge on any atom is -0.426 e. The first-order valence-electron chi connectivity index (χ1n) is 12.4. The van der Waals surface area contributed by atoms with Gasteiger partial charge in [-0.15, -0.1) is 0 Å². The molecule has 0 radical (unpaired) electrons. The Hall–Kier alpha value is -2.52. The van der Waals surface area contributed by atoms with Gasteiger partial charge in [-0.05, 0) is 68.5 Å². The van der Waals surface area contributed by atoms with Crippen LogP contribution >= 0.6 is 31.9 Å². The van der Waals surface area contributed by atoms with E-state index in [0.717, 1.165) is 16.8 Å². The van der Waals surface area contributed by atoms with Crippen molar-refractivity contribution in [3.05, 3.63) is 53.1 Å². The summed E-state index contributed by atoms with van der Waals surface area (Å²) < 4.78 is 5.65. The maximum atomic E-state index is 13.2. The molecular weight excluding hydrogens is 604 g/mol. The third-order valence-electron chi connectivity index (χ3n) is 7.71. The summed E-state index contributed by atoms with van der Waals surface area (Å²) in [5.74, 6) is -1.85. The Bertz CT molecular complexity index is 1260. The second kappa shape index (κ2) is 9.98. The SMILES string of the molecule is Cc1cc(OC(=O)[C@@H]2CC(=O)N(c3c(C)cccc3C)C2)ccc1N1C(=O)[C@@H]2C[C@H](Br)[C@@H](Br)C[C@H]2C1=O. The molecule has 0 spiro atoms. The third-order valence-corrected chi connectivity index (χ3v) is 10.4. The number of halogens is 2. The van der Waals surface area contributed by atoms with Crippen LogP contribution in [0.15, 0.2) is 36.4 Å². The molecule has 0 N–H and O–H groups in total. The van der Waals surface area contributed by atoms with Crippen LogP contribution in [0.25, 0.3) is 0 Å². The lowest BCUT2D eigenvalue weighted by Crippen LogP contribution is -2.34. The molecule has 2 saturated heterocycles. The molecule has 1 saturated carbocycles. The van der Waals surface area contributed by atoms with E-state index in [0.29, 0.717) is 29.8 Å². The number of para-hydroxylation sites is 1. The molecule has 5 rings (SSSR count). The normalized spacial score (nSPS) is 27.6. The predicted octanol–water partition coefficient (Wildman–Crippen LogP) is 5.00. The molecular formula is C28H28Br2N2O5. The van der Waals surface area contributed by atoms with E-state index in [9.17, 15) is 19.2 Å². The highest BCUT2D eigenvalue weighted by Crippen LogP contribution is 2.45. The van der Waals surface area contributed by atoms with Crippen molar-refractivity contribution in [2.45, 2.75) is 49.7 Å². The van der Waals surface area contributed by atoms with E-state index in [-0.39, 0.29) is 52.2 Å². The molecule has 37 heavy (non-hydrogen) atoms. The number of anilines is 2. The van der Waals surface area contributed by atoms with Crippen molar-refractivity contribution in [1.29, 1.82) is 0 Å². The van der Waals surface area contributed by atoms with Crippen LogP contribution in [-0.4, -0.2) is 39.9 Å². The smallest absolute Gasteiger partial charge is 0.316 e. The summed E-state index contributed by atoms with van der Waals surface area (Å²) in [6.07, 6.45) is 1.30. The minimum atomic E-state index is -0.578. The molecule has 9 heteroatoms. The third kappa shape index (κ3) is 4.65. The number of imide groups is 1. The molecule has 3 amide bonds. The van der Waals surface area contributed by atoms with Crippen molar-refractivity contribution in [2.75, 3.05) is 16.3 Å². The molecule has 2 heterocycles. The van der Waals surface area contributed by atoms with Crippen molar-refractivity contribution in [1.82, 2.24) is 0 Å². The number of benzene rings is 2. The first-order chi connectivity index (χ1) is 17.6. The number of carbonyl (C=O) groups is 4. The maximum Gasteiger partial charge on any atom is 0.316 e. The van der Waals surface area contributed by atoms with Crippen molar-refractivity contribution >= 4 is 66.9 Å². The van der Waals surface area contributed by atoms with Crippen LogP contribution < -0.4 is 14.5 Å². The highest BCUT2D eigenvalue weighted by atomic mass is 79.9. The van der Waals surface area contributed by atoms with Gasteiger partial charge in [0.05, 0.1) is 23.4 Å². The van der Waals surface area contributed by atoms with Crippen LogP contribution in [-0.2, 0) is 19.2 Å². The van der Waals surface area contributed by atoms with Gasteiger partial charge in [-0.25, -0.2) is 4.90 Å². The zero-order chi connectivity index (χ0) is 26.6. The van der Waals surface area contributed by atoms with E-state index in [2.05, 4.69) is 31.9 Å². The lowest BCUT2D eigenvalue weighted by atomic mass is 9.81. The van der Waals surface area contributed by atoms with E-state index in [1.54, 1.807) is 30.0 Å². The Kier molecular flexibility index (Phi) is 7.04. The number of hydrogen-bond donors (Lipinski definition) is 0. The van der Waals surface area contributed by atoms with E-state index >= 15 is 0 Å². The van der Waals surface area contributed by atoms with Crippen molar-refractivity contribution < 1.29 is 23.9 Å². The van der Waals surface area contributed by atoms with Crippen LogP contribution in [0.3, 0.4) is 0 Å². The van der Waals surface area contributed by atoms with Crippen LogP contribution in [0.1, 0.15) is 36.0 Å². The summed E-state index contributed by atoms with van der Waals surface area (Å²) in [6, 6.07) is 10.8. The maximum absolute atomic E-state index is 13.2. The molecule has 2 aromatic rings. The number of amides is 3. The van der Waals surface area contributed by atoms with Crippen molar-refractivity contribution in [3.63, 3.8) is 0 Å². The number of rotatable bonds is 4. The molecule has 5 atom stereocenters. The second-order valence-corrected chi connectivity index (χ2v) is 12.6. The summed E-state index contributed by atoms with van der Waals surface area (Å²) in [5.41, 5.74) is 3.99. The molecule has 194 valence electrons. The Labute approximate surface area is 232 Å². The fraction of sp³-hybridized carbons (Fsp3) is 0.429. The summed E-state index contributed by atoms with van der Waals surface area (Å²) in [5, 5.41) is 0. The van der Waals surface area contributed by atoms with E-state index in [4.69, 9.17) is 4.74 Å². The number of nitrogens with zero attached hydrogens (tertiary/aromatic N) is 2. The van der Waals surface area contributed by atoms with Crippen LogP contribution in [0, 0.1) is 38.5 Å². The monoisotopic (exact) mass is 630 g/mol. The van der Waals surface area contributed by atoms with Gasteiger partial charge >= 0.3 is 5.97 Å². The Balaban J connectivity index is 1.30. The quantitative estimate of drug-likeness (QED) is 0.205. The van der Waals surface area contributed by atoms with Gasteiger partial charge < -0.3 is 9.64 Å². The summed E-state index contributed by atoms with van der Waals surface area (Å²) in [6.45, 7) is 5.96. The molecule has 0 unspecified atom stereocenters. The molecule has 0 bridgehead atoms. The highest BCUT2D eigenvalue weighted by molar-refractivity contribution is 9.12. The van der Waals surface area contributed by atoms with Crippen molar-refractivity contribution in [3.8, 4) is 5.75 Å². The van der Waals surface area contributed by atoms with Gasteiger partial charge in [0.15, 0.2) is 0 Å². The van der Waals surface area contributed by atoms with Crippen LogP contribution in [0.2, 0.25) is 0 Å². The van der Waals surface area contributed by atoms with Gasteiger partial charge in [-0.2, -0.15) is 0 Å². The minimum absolute atomic E-state index is 0.0896. The largest absolute Gasteiger partial charge is 0.426 e. The van der Waals surface area contributed by atoms with Gasteiger partial charge in [0.2, 0.25) is 17.7 Å². The van der Waals surface area contributed by atoms with E-state index < -0.39 is 11.9 Å². The molecule has 0 aromatic heterocycles. The van der Waals surface area contributed by atoms with E-state index in [1.807, 2.05) is 32.0 Å². The Morgan fingerprint density at radius 2 is 1.49 bits per heavy atom. The molecule has 2 aliphatic heterocycles. The predicted molar refractivity (Wildman–Crippen MR) is 147 cm³/mol. The lowest BCUT2D eigenvalue weighted by Gasteiger charge is -2.29. The van der Waals surface area contributed by atoms with Crippen LogP contribution in [0.5, 0.6) is 5.75 Å². The molecule has 2 aromatic carbocycles. The molecule has 3 aliphatic rings. The number of aryl methyl sites for hydroxylation is 3. The average molecular weight is 632 g/mol. The number of ether oxygens (including phenoxy) is 1. The first-order valence-corrected chi connectivity index (χ1v) is 14.2. The number of hydrogen-bond acceptors (Lipinski definition) is 5. The average Bonchev–Trinajstić information content (AvgIpc) is 3.32. The number of fused-ring (bicyclic) bond motifs is 1. The first kappa shape index (κ1) is 26.1. The summed E-state index contributed by atoms with van der Waals surface area (Å²) >= 11 is 7.23. The van der Waals surface area contributed by atoms with Gasteiger partial charge in [0, 0.05) is 28.3 Å². The summed E-state index contributed by atoms with van der Waals surface area (Å²) in [4.78, 5) is 55.3. The number of carbonyl (C=O) groups excluding carboxylic acids is 4. The van der Waals surface area contributed by atoms with E-state index in [1.165, 1.54) is 4.90 Å².